The average Bonchev–Trinajstić information content (AvgIpc) is 3.29. The van der Waals surface area contributed by atoms with Gasteiger partial charge in [0.15, 0.2) is 0 Å². The van der Waals surface area contributed by atoms with E-state index in [4.69, 9.17) is 0 Å². The lowest BCUT2D eigenvalue weighted by molar-refractivity contribution is 0.484. The molecule has 0 amide bonds. The van der Waals surface area contributed by atoms with Crippen LogP contribution in [0.3, 0.4) is 0 Å². The number of hydrogen-bond acceptors (Lipinski definition) is 1. The third-order valence-electron chi connectivity index (χ3n) is 8.50. The van der Waals surface area contributed by atoms with Crippen LogP contribution in [0.15, 0.2) is 89.4 Å². The molecule has 6 rings (SSSR count). The molecule has 0 spiro atoms. The smallest absolute Gasteiger partial charge is 0.0467 e. The van der Waals surface area contributed by atoms with E-state index in [1.165, 1.54) is 52.9 Å². The van der Waals surface area contributed by atoms with Crippen molar-refractivity contribution in [1.82, 2.24) is 0 Å². The second-order valence-corrected chi connectivity index (χ2v) is 12.1. The molecule has 4 aromatic carbocycles. The van der Waals surface area contributed by atoms with Gasteiger partial charge in [-0.05, 0) is 120 Å². The van der Waals surface area contributed by atoms with Gasteiger partial charge in [-0.2, -0.15) is 0 Å². The highest BCUT2D eigenvalue weighted by Gasteiger charge is 2.52. The van der Waals surface area contributed by atoms with Crippen LogP contribution >= 0.6 is 15.9 Å². The summed E-state index contributed by atoms with van der Waals surface area (Å²) < 4.78 is 1.09. The first-order chi connectivity index (χ1) is 16.8. The highest BCUT2D eigenvalue weighted by Crippen LogP contribution is 2.60. The van der Waals surface area contributed by atoms with Crippen LogP contribution in [-0.2, 0) is 10.8 Å². The molecule has 0 aliphatic heterocycles. The second-order valence-electron chi connectivity index (χ2n) is 11.2. The van der Waals surface area contributed by atoms with E-state index < -0.39 is 0 Å². The minimum Gasteiger partial charge on any atom is -0.310 e. The number of rotatable bonds is 4. The van der Waals surface area contributed by atoms with Crippen LogP contribution in [-0.4, -0.2) is 0 Å². The minimum atomic E-state index is 0.330. The number of benzene rings is 4. The SMILES string of the molecule is Cc1ccc(N(c2ccc(Br)cc2)c2ccc(C)c(-c3ccc4c(c3)C3(C)CCC4(C)C3)c2)cc1. The molecule has 2 unspecified atom stereocenters. The van der Waals surface area contributed by atoms with E-state index in [-0.39, 0.29) is 0 Å². The van der Waals surface area contributed by atoms with Gasteiger partial charge in [-0.15, -0.1) is 0 Å². The van der Waals surface area contributed by atoms with Crippen molar-refractivity contribution in [2.75, 3.05) is 4.90 Å². The Morgan fingerprint density at radius 1 is 0.657 bits per heavy atom. The number of nitrogens with zero attached hydrogens (tertiary/aromatic N) is 1. The van der Waals surface area contributed by atoms with Crippen molar-refractivity contribution in [2.24, 2.45) is 0 Å². The Morgan fingerprint density at radius 2 is 1.26 bits per heavy atom. The number of fused-ring (bicyclic) bond motifs is 5. The molecule has 0 N–H and O–H groups in total. The van der Waals surface area contributed by atoms with E-state index in [9.17, 15) is 0 Å². The van der Waals surface area contributed by atoms with Crippen LogP contribution in [0, 0.1) is 13.8 Å². The molecular formula is C33H32BrN. The zero-order chi connectivity index (χ0) is 24.4. The molecule has 2 heteroatoms. The first kappa shape index (κ1) is 22.6. The van der Waals surface area contributed by atoms with E-state index in [0.717, 1.165) is 10.2 Å². The normalized spacial score (nSPS) is 22.3. The highest BCUT2D eigenvalue weighted by atomic mass is 79.9. The first-order valence-electron chi connectivity index (χ1n) is 12.6. The van der Waals surface area contributed by atoms with Gasteiger partial charge in [0, 0.05) is 21.5 Å². The molecule has 2 aliphatic carbocycles. The summed E-state index contributed by atoms with van der Waals surface area (Å²) in [6, 6.07) is 31.6. The minimum absolute atomic E-state index is 0.330. The van der Waals surface area contributed by atoms with Gasteiger partial charge in [-0.3, -0.25) is 0 Å². The van der Waals surface area contributed by atoms with Crippen LogP contribution in [0.4, 0.5) is 17.1 Å². The second kappa shape index (κ2) is 8.10. The van der Waals surface area contributed by atoms with E-state index in [0.29, 0.717) is 10.8 Å². The summed E-state index contributed by atoms with van der Waals surface area (Å²) in [6.07, 6.45) is 3.93. The molecule has 4 aromatic rings. The molecule has 176 valence electrons. The van der Waals surface area contributed by atoms with Gasteiger partial charge in [-0.25, -0.2) is 0 Å². The van der Waals surface area contributed by atoms with E-state index in [1.807, 2.05) is 0 Å². The van der Waals surface area contributed by atoms with E-state index in [1.54, 1.807) is 11.1 Å². The Kier molecular flexibility index (Phi) is 5.23. The van der Waals surface area contributed by atoms with Gasteiger partial charge in [-0.1, -0.05) is 71.7 Å². The predicted octanol–water partition coefficient (Wildman–Crippen LogP) is 9.92. The average molecular weight is 523 g/mol. The van der Waals surface area contributed by atoms with E-state index >= 15 is 0 Å². The summed E-state index contributed by atoms with van der Waals surface area (Å²) in [7, 11) is 0. The molecule has 1 nitrogen and oxygen atoms in total. The lowest BCUT2D eigenvalue weighted by atomic mass is 9.77. The quantitative estimate of drug-likeness (QED) is 0.258. The standard InChI is InChI=1S/C33H32BrN/c1-22-5-11-26(12-6-22)35(27-14-9-25(34)10-15-27)28-13-7-23(2)29(20-28)24-8-16-30-31(19-24)33(4)18-17-32(30,3)21-33/h5-16,19-20H,17-18,21H2,1-4H3. The molecule has 0 aromatic heterocycles. The van der Waals surface area contributed by atoms with Crippen LogP contribution in [0.25, 0.3) is 11.1 Å². The fourth-order valence-corrected chi connectivity index (χ4v) is 6.84. The fourth-order valence-electron chi connectivity index (χ4n) is 6.58. The molecular weight excluding hydrogens is 490 g/mol. The van der Waals surface area contributed by atoms with Crippen LogP contribution < -0.4 is 4.90 Å². The van der Waals surface area contributed by atoms with E-state index in [2.05, 4.69) is 133 Å². The summed E-state index contributed by atoms with van der Waals surface area (Å²) in [4.78, 5) is 2.35. The van der Waals surface area contributed by atoms with Crippen molar-refractivity contribution in [2.45, 2.75) is 57.8 Å². The van der Waals surface area contributed by atoms with Crippen LogP contribution in [0.5, 0.6) is 0 Å². The Hall–Kier alpha value is -2.84. The molecule has 1 fully saturated rings. The predicted molar refractivity (Wildman–Crippen MR) is 152 cm³/mol. The van der Waals surface area contributed by atoms with Crippen LogP contribution in [0.1, 0.15) is 55.4 Å². The molecule has 0 heterocycles. The Bertz CT molecular complexity index is 1370. The topological polar surface area (TPSA) is 3.24 Å². The van der Waals surface area contributed by atoms with Gasteiger partial charge >= 0.3 is 0 Å². The maximum atomic E-state index is 3.60. The number of halogens is 1. The summed E-state index contributed by atoms with van der Waals surface area (Å²) in [5.74, 6) is 0. The van der Waals surface area contributed by atoms with Crippen molar-refractivity contribution in [3.05, 3.63) is 112 Å². The maximum absolute atomic E-state index is 3.60. The summed E-state index contributed by atoms with van der Waals surface area (Å²) >= 11 is 3.60. The van der Waals surface area contributed by atoms with Gasteiger partial charge in [0.2, 0.25) is 0 Å². The Balaban J connectivity index is 1.48. The fraction of sp³-hybridized carbons (Fsp3) is 0.273. The largest absolute Gasteiger partial charge is 0.310 e. The van der Waals surface area contributed by atoms with Gasteiger partial charge in [0.25, 0.3) is 0 Å². The monoisotopic (exact) mass is 521 g/mol. The number of anilines is 3. The molecule has 0 radical (unpaired) electrons. The van der Waals surface area contributed by atoms with Gasteiger partial charge in [0.1, 0.15) is 0 Å². The maximum Gasteiger partial charge on any atom is 0.0467 e. The lowest BCUT2D eigenvalue weighted by Crippen LogP contribution is -2.17. The van der Waals surface area contributed by atoms with Crippen LogP contribution in [0.2, 0.25) is 0 Å². The Morgan fingerprint density at radius 3 is 1.94 bits per heavy atom. The molecule has 2 atom stereocenters. The summed E-state index contributed by atoms with van der Waals surface area (Å²) in [6.45, 7) is 9.31. The lowest BCUT2D eigenvalue weighted by Gasteiger charge is -2.28. The van der Waals surface area contributed by atoms with Crippen molar-refractivity contribution in [3.8, 4) is 11.1 Å². The number of aryl methyl sites for hydroxylation is 2. The molecule has 0 saturated heterocycles. The molecule has 2 bridgehead atoms. The Labute approximate surface area is 218 Å². The van der Waals surface area contributed by atoms with Crippen molar-refractivity contribution >= 4 is 33.0 Å². The summed E-state index contributed by atoms with van der Waals surface area (Å²) in [5, 5.41) is 0. The van der Waals surface area contributed by atoms with Gasteiger partial charge in [0.05, 0.1) is 0 Å². The first-order valence-corrected chi connectivity index (χ1v) is 13.4. The molecule has 2 aliphatic rings. The third-order valence-corrected chi connectivity index (χ3v) is 9.02. The zero-order valence-electron chi connectivity index (χ0n) is 21.0. The summed E-state index contributed by atoms with van der Waals surface area (Å²) in [5.41, 5.74) is 12.6. The zero-order valence-corrected chi connectivity index (χ0v) is 22.6. The third kappa shape index (κ3) is 3.74. The number of hydrogen-bond donors (Lipinski definition) is 0. The molecule has 35 heavy (non-hydrogen) atoms. The van der Waals surface area contributed by atoms with Crippen molar-refractivity contribution < 1.29 is 0 Å². The molecule has 1 saturated carbocycles. The van der Waals surface area contributed by atoms with Crippen molar-refractivity contribution in [1.29, 1.82) is 0 Å². The highest BCUT2D eigenvalue weighted by molar-refractivity contribution is 9.10. The van der Waals surface area contributed by atoms with Gasteiger partial charge < -0.3 is 4.90 Å². The van der Waals surface area contributed by atoms with Crippen molar-refractivity contribution in [3.63, 3.8) is 0 Å².